The van der Waals surface area contributed by atoms with E-state index in [-0.39, 0.29) is 24.1 Å². The smallest absolute Gasteiger partial charge is 0.293 e. The van der Waals surface area contributed by atoms with E-state index in [1.807, 2.05) is 18.7 Å². The van der Waals surface area contributed by atoms with E-state index in [1.165, 1.54) is 13.0 Å². The highest BCUT2D eigenvalue weighted by molar-refractivity contribution is 5.95. The minimum Gasteiger partial charge on any atom is -0.396 e. The third-order valence-electron chi connectivity index (χ3n) is 3.07. The zero-order valence-corrected chi connectivity index (χ0v) is 12.0. The average molecular weight is 280 g/mol. The molecule has 0 radical (unpaired) electrons. The third kappa shape index (κ3) is 3.77. The molecule has 0 aliphatic rings. The highest BCUT2D eigenvalue weighted by atomic mass is 16.6. The summed E-state index contributed by atoms with van der Waals surface area (Å²) in [5.41, 5.74) is 0.721. The number of rotatable bonds is 7. The SMILES string of the molecule is CC(=O)c1ccc(N(CCCO)C(C)C)c([N+](=O)[O-])c1. The Morgan fingerprint density at radius 2 is 2.10 bits per heavy atom. The van der Waals surface area contributed by atoms with Gasteiger partial charge in [-0.2, -0.15) is 0 Å². The Morgan fingerprint density at radius 1 is 1.45 bits per heavy atom. The Kier molecular flexibility index (Phi) is 5.64. The summed E-state index contributed by atoms with van der Waals surface area (Å²) >= 11 is 0. The molecule has 20 heavy (non-hydrogen) atoms. The average Bonchev–Trinajstić information content (AvgIpc) is 2.38. The Labute approximate surface area is 118 Å². The number of aliphatic hydroxyl groups excluding tert-OH is 1. The predicted molar refractivity (Wildman–Crippen MR) is 77.3 cm³/mol. The van der Waals surface area contributed by atoms with Crippen molar-refractivity contribution in [3.8, 4) is 0 Å². The van der Waals surface area contributed by atoms with Crippen LogP contribution in [-0.4, -0.2) is 35.0 Å². The number of nitro groups is 1. The van der Waals surface area contributed by atoms with E-state index in [9.17, 15) is 14.9 Å². The lowest BCUT2D eigenvalue weighted by Gasteiger charge is -2.28. The molecule has 0 bridgehead atoms. The van der Waals surface area contributed by atoms with Crippen molar-refractivity contribution in [3.05, 3.63) is 33.9 Å². The molecule has 110 valence electrons. The summed E-state index contributed by atoms with van der Waals surface area (Å²) in [5.74, 6) is -0.203. The van der Waals surface area contributed by atoms with Gasteiger partial charge in [0.05, 0.1) is 4.92 Å². The summed E-state index contributed by atoms with van der Waals surface area (Å²) in [4.78, 5) is 23.9. The van der Waals surface area contributed by atoms with Gasteiger partial charge in [0.1, 0.15) is 5.69 Å². The van der Waals surface area contributed by atoms with Crippen molar-refractivity contribution in [1.82, 2.24) is 0 Å². The maximum absolute atomic E-state index is 11.3. The van der Waals surface area contributed by atoms with Gasteiger partial charge >= 0.3 is 0 Å². The number of aliphatic hydroxyl groups is 1. The van der Waals surface area contributed by atoms with Crippen LogP contribution >= 0.6 is 0 Å². The van der Waals surface area contributed by atoms with Gasteiger partial charge in [0.25, 0.3) is 5.69 Å². The zero-order chi connectivity index (χ0) is 15.3. The number of benzene rings is 1. The first-order valence-corrected chi connectivity index (χ1v) is 6.55. The van der Waals surface area contributed by atoms with E-state index in [2.05, 4.69) is 0 Å². The molecule has 1 aromatic rings. The van der Waals surface area contributed by atoms with Crippen molar-refractivity contribution in [2.45, 2.75) is 33.2 Å². The van der Waals surface area contributed by atoms with Crippen LogP contribution in [0, 0.1) is 10.1 Å². The summed E-state index contributed by atoms with van der Waals surface area (Å²) in [5, 5.41) is 20.1. The molecule has 0 fully saturated rings. The van der Waals surface area contributed by atoms with E-state index in [0.717, 1.165) is 0 Å². The molecular formula is C14H20N2O4. The Hall–Kier alpha value is -1.95. The van der Waals surface area contributed by atoms with Crippen molar-refractivity contribution in [1.29, 1.82) is 0 Å². The van der Waals surface area contributed by atoms with Crippen LogP contribution in [0.3, 0.4) is 0 Å². The van der Waals surface area contributed by atoms with Crippen LogP contribution in [0.4, 0.5) is 11.4 Å². The van der Waals surface area contributed by atoms with Crippen LogP contribution < -0.4 is 4.90 Å². The Bertz CT molecular complexity index is 500. The standard InChI is InChI=1S/C14H20N2O4/c1-10(2)15(7-4-8-17)13-6-5-12(11(3)18)9-14(13)16(19)20/h5-6,9-10,17H,4,7-8H2,1-3H3. The van der Waals surface area contributed by atoms with Crippen LogP contribution in [0.15, 0.2) is 18.2 Å². The van der Waals surface area contributed by atoms with Gasteiger partial charge in [0.2, 0.25) is 0 Å². The van der Waals surface area contributed by atoms with Crippen LogP contribution in [0.25, 0.3) is 0 Å². The Balaban J connectivity index is 3.26. The molecule has 1 aromatic carbocycles. The summed E-state index contributed by atoms with van der Waals surface area (Å²) in [6, 6.07) is 4.57. The second-order valence-corrected chi connectivity index (χ2v) is 4.88. The lowest BCUT2D eigenvalue weighted by molar-refractivity contribution is -0.384. The molecule has 6 heteroatoms. The predicted octanol–water partition coefficient (Wildman–Crippen LogP) is 2.39. The highest BCUT2D eigenvalue weighted by Gasteiger charge is 2.22. The number of nitro benzene ring substituents is 1. The van der Waals surface area contributed by atoms with E-state index in [1.54, 1.807) is 12.1 Å². The fourth-order valence-corrected chi connectivity index (χ4v) is 2.03. The maximum Gasteiger partial charge on any atom is 0.293 e. The molecule has 0 aromatic heterocycles. The van der Waals surface area contributed by atoms with Gasteiger partial charge in [-0.1, -0.05) is 0 Å². The van der Waals surface area contributed by atoms with Crippen molar-refractivity contribution >= 4 is 17.2 Å². The summed E-state index contributed by atoms with van der Waals surface area (Å²) in [6.45, 7) is 5.79. The summed E-state index contributed by atoms with van der Waals surface area (Å²) < 4.78 is 0. The van der Waals surface area contributed by atoms with Crippen molar-refractivity contribution in [2.75, 3.05) is 18.1 Å². The first-order valence-electron chi connectivity index (χ1n) is 6.55. The third-order valence-corrected chi connectivity index (χ3v) is 3.07. The van der Waals surface area contributed by atoms with Crippen LogP contribution in [0.2, 0.25) is 0 Å². The van der Waals surface area contributed by atoms with Crippen LogP contribution in [-0.2, 0) is 0 Å². The molecule has 0 saturated heterocycles. The molecule has 1 rings (SSSR count). The lowest BCUT2D eigenvalue weighted by Crippen LogP contribution is -2.32. The fraction of sp³-hybridized carbons (Fsp3) is 0.500. The number of carbonyl (C=O) groups excluding carboxylic acids is 1. The molecule has 6 nitrogen and oxygen atoms in total. The minimum absolute atomic E-state index is 0.0303. The normalized spacial score (nSPS) is 10.7. The molecule has 1 N–H and O–H groups in total. The van der Waals surface area contributed by atoms with Gasteiger partial charge < -0.3 is 10.0 Å². The molecule has 0 aliphatic heterocycles. The zero-order valence-electron chi connectivity index (χ0n) is 12.0. The first-order chi connectivity index (χ1) is 9.38. The number of Topliss-reactive ketones (excluding diaryl/α,β-unsaturated/α-hetero) is 1. The van der Waals surface area contributed by atoms with Crippen molar-refractivity contribution in [3.63, 3.8) is 0 Å². The summed E-state index contributed by atoms with van der Waals surface area (Å²) in [7, 11) is 0. The number of ketones is 1. The van der Waals surface area contributed by atoms with E-state index < -0.39 is 4.92 Å². The van der Waals surface area contributed by atoms with Crippen molar-refractivity contribution in [2.24, 2.45) is 0 Å². The molecule has 0 saturated carbocycles. The maximum atomic E-state index is 11.3. The monoisotopic (exact) mass is 280 g/mol. The summed E-state index contributed by atoms with van der Waals surface area (Å²) in [6.07, 6.45) is 0.532. The van der Waals surface area contributed by atoms with Crippen LogP contribution in [0.1, 0.15) is 37.6 Å². The molecule has 0 aliphatic carbocycles. The topological polar surface area (TPSA) is 83.7 Å². The molecule has 0 spiro atoms. The second-order valence-electron chi connectivity index (χ2n) is 4.88. The number of hydrogen-bond acceptors (Lipinski definition) is 5. The minimum atomic E-state index is -0.476. The van der Waals surface area contributed by atoms with Gasteiger partial charge in [-0.05, 0) is 39.3 Å². The van der Waals surface area contributed by atoms with Gasteiger partial charge in [-0.3, -0.25) is 14.9 Å². The highest BCUT2D eigenvalue weighted by Crippen LogP contribution is 2.31. The number of anilines is 1. The molecule has 0 unspecified atom stereocenters. The van der Waals surface area contributed by atoms with E-state index >= 15 is 0 Å². The van der Waals surface area contributed by atoms with Gasteiger partial charge in [0, 0.05) is 30.8 Å². The first kappa shape index (κ1) is 16.1. The van der Waals surface area contributed by atoms with Gasteiger partial charge in [0.15, 0.2) is 5.78 Å². The second kappa shape index (κ2) is 7.00. The Morgan fingerprint density at radius 3 is 2.55 bits per heavy atom. The van der Waals surface area contributed by atoms with Crippen molar-refractivity contribution < 1.29 is 14.8 Å². The molecule has 0 atom stereocenters. The largest absolute Gasteiger partial charge is 0.396 e. The quantitative estimate of drug-likeness (QED) is 0.471. The van der Waals surface area contributed by atoms with Gasteiger partial charge in [-0.25, -0.2) is 0 Å². The number of nitrogens with zero attached hydrogens (tertiary/aromatic N) is 2. The van der Waals surface area contributed by atoms with Gasteiger partial charge in [-0.15, -0.1) is 0 Å². The fourth-order valence-electron chi connectivity index (χ4n) is 2.03. The number of hydrogen-bond donors (Lipinski definition) is 1. The molecular weight excluding hydrogens is 260 g/mol. The lowest BCUT2D eigenvalue weighted by atomic mass is 10.1. The number of carbonyl (C=O) groups is 1. The van der Waals surface area contributed by atoms with E-state index in [4.69, 9.17) is 5.11 Å². The molecule has 0 heterocycles. The van der Waals surface area contributed by atoms with E-state index in [0.29, 0.717) is 24.2 Å². The molecule has 0 amide bonds. The van der Waals surface area contributed by atoms with Crippen LogP contribution in [0.5, 0.6) is 0 Å².